The maximum absolute atomic E-state index is 14.8. The average Bonchev–Trinajstić information content (AvgIpc) is 3.39. The summed E-state index contributed by atoms with van der Waals surface area (Å²) in [5.74, 6) is -20.3. The maximum Gasteiger partial charge on any atom is 0.200 e. The Balaban J connectivity index is 1.67. The van der Waals surface area contributed by atoms with Gasteiger partial charge in [-0.25, -0.2) is 43.9 Å². The molecule has 0 aliphatic carbocycles. The Kier molecular flexibility index (Phi) is 12.0. The van der Waals surface area contributed by atoms with Crippen LogP contribution < -0.4 is 9.80 Å². The third-order valence-electron chi connectivity index (χ3n) is 10.6. The lowest BCUT2D eigenvalue weighted by Crippen LogP contribution is -2.46. The van der Waals surface area contributed by atoms with Crippen LogP contribution in [0.5, 0.6) is 0 Å². The van der Waals surface area contributed by atoms with Gasteiger partial charge in [-0.2, -0.15) is 0 Å². The van der Waals surface area contributed by atoms with Gasteiger partial charge in [-0.1, -0.05) is 49.2 Å². The predicted octanol–water partition coefficient (Wildman–Crippen LogP) is 12.0. The van der Waals surface area contributed by atoms with Crippen LogP contribution in [-0.2, 0) is 12.8 Å². The summed E-state index contributed by atoms with van der Waals surface area (Å²) >= 11 is 0. The van der Waals surface area contributed by atoms with Gasteiger partial charge in [0.25, 0.3) is 0 Å². The van der Waals surface area contributed by atoms with Gasteiger partial charge in [0.2, 0.25) is 11.6 Å². The Labute approximate surface area is 309 Å². The van der Waals surface area contributed by atoms with E-state index < -0.39 is 94.2 Å². The van der Waals surface area contributed by atoms with Crippen molar-refractivity contribution in [3.63, 3.8) is 0 Å². The Bertz CT molecular complexity index is 1830. The molecule has 2 nitrogen and oxygen atoms in total. The molecule has 5 rings (SSSR count). The highest BCUT2D eigenvalue weighted by Crippen LogP contribution is 2.46. The molecule has 0 bridgehead atoms. The van der Waals surface area contributed by atoms with E-state index in [1.165, 1.54) is 0 Å². The van der Waals surface area contributed by atoms with Crippen molar-refractivity contribution in [3.8, 4) is 0 Å². The molecular formula is C42H44F10N2. The zero-order valence-electron chi connectivity index (χ0n) is 31.5. The first-order valence-electron chi connectivity index (χ1n) is 18.0. The number of halogens is 10. The second kappa shape index (κ2) is 15.9. The normalized spacial score (nSPS) is 17.4. The summed E-state index contributed by atoms with van der Waals surface area (Å²) in [6.07, 6.45) is -0.984. The largest absolute Gasteiger partial charge is 0.345 e. The molecule has 292 valence electrons. The van der Waals surface area contributed by atoms with E-state index in [4.69, 9.17) is 0 Å². The number of hydrogen-bond acceptors (Lipinski definition) is 2. The summed E-state index contributed by atoms with van der Waals surface area (Å²) < 4.78 is 144. The summed E-state index contributed by atoms with van der Waals surface area (Å²) in [5, 5.41) is 0. The number of aryl methyl sites for hydroxylation is 6. The third-order valence-corrected chi connectivity index (χ3v) is 10.6. The van der Waals surface area contributed by atoms with Gasteiger partial charge in [0, 0.05) is 22.5 Å². The van der Waals surface area contributed by atoms with Gasteiger partial charge < -0.3 is 9.80 Å². The monoisotopic (exact) mass is 766 g/mol. The smallest absolute Gasteiger partial charge is 0.200 e. The summed E-state index contributed by atoms with van der Waals surface area (Å²) in [6, 6.07) is 7.08. The van der Waals surface area contributed by atoms with E-state index in [9.17, 15) is 43.9 Å². The first-order chi connectivity index (χ1) is 25.3. The fourth-order valence-corrected chi connectivity index (χ4v) is 8.67. The molecule has 1 aliphatic heterocycles. The first kappa shape index (κ1) is 41.0. The van der Waals surface area contributed by atoms with Crippen molar-refractivity contribution >= 4 is 11.4 Å². The van der Waals surface area contributed by atoms with Gasteiger partial charge in [-0.05, 0) is 108 Å². The van der Waals surface area contributed by atoms with Crippen molar-refractivity contribution in [1.82, 2.24) is 0 Å². The highest BCUT2D eigenvalue weighted by molar-refractivity contribution is 5.70. The van der Waals surface area contributed by atoms with Crippen LogP contribution in [0.25, 0.3) is 0 Å². The quantitative estimate of drug-likeness (QED) is 0.0852. The van der Waals surface area contributed by atoms with E-state index >= 15 is 0 Å². The van der Waals surface area contributed by atoms with Gasteiger partial charge >= 0.3 is 0 Å². The molecule has 4 aromatic rings. The third kappa shape index (κ3) is 7.29. The van der Waals surface area contributed by atoms with Crippen LogP contribution in [0.3, 0.4) is 0 Å². The summed E-state index contributed by atoms with van der Waals surface area (Å²) in [4.78, 5) is 4.46. The lowest BCUT2D eigenvalue weighted by Gasteiger charge is -2.40. The molecule has 1 fully saturated rings. The molecule has 0 aromatic heterocycles. The molecule has 1 saturated heterocycles. The molecule has 12 heteroatoms. The van der Waals surface area contributed by atoms with Crippen LogP contribution in [0.2, 0.25) is 0 Å². The predicted molar refractivity (Wildman–Crippen MR) is 191 cm³/mol. The molecule has 0 spiro atoms. The SMILES string of the molecule is Cc1cc(C)c(N2C(CCCc3c(F)c(F)c(F)c(F)c3F)C(CCCc3c(F)c(F)c(F)c(F)c3F)N(c3c(C)cc(C)cc3C)C2C(C)C)c(C)c1. The van der Waals surface area contributed by atoms with Gasteiger partial charge in [-0.3, -0.25) is 0 Å². The van der Waals surface area contributed by atoms with Crippen LogP contribution in [0, 0.1) is 106 Å². The molecule has 1 aliphatic rings. The highest BCUT2D eigenvalue weighted by Gasteiger charge is 2.49. The van der Waals surface area contributed by atoms with E-state index in [0.717, 1.165) is 44.8 Å². The van der Waals surface area contributed by atoms with Crippen molar-refractivity contribution in [3.05, 3.63) is 127 Å². The highest BCUT2D eigenvalue weighted by atomic mass is 19.2. The summed E-state index contributed by atoms with van der Waals surface area (Å²) in [7, 11) is 0. The van der Waals surface area contributed by atoms with Gasteiger partial charge in [0.1, 0.15) is 6.17 Å². The van der Waals surface area contributed by atoms with Gasteiger partial charge in [0.15, 0.2) is 46.5 Å². The Morgan fingerprint density at radius 3 is 0.963 bits per heavy atom. The van der Waals surface area contributed by atoms with Crippen LogP contribution in [0.1, 0.15) is 84.0 Å². The zero-order chi connectivity index (χ0) is 40.1. The van der Waals surface area contributed by atoms with Crippen LogP contribution in [-0.4, -0.2) is 18.2 Å². The zero-order valence-corrected chi connectivity index (χ0v) is 31.5. The van der Waals surface area contributed by atoms with Crippen LogP contribution in [0.15, 0.2) is 24.3 Å². The Hall–Kier alpha value is -4.22. The number of hydrogen-bond donors (Lipinski definition) is 0. The lowest BCUT2D eigenvalue weighted by molar-refractivity contribution is 0.366. The summed E-state index contributed by atoms with van der Waals surface area (Å²) in [5.41, 5.74) is 5.67. The van der Waals surface area contributed by atoms with E-state index in [1.807, 2.05) is 79.7 Å². The van der Waals surface area contributed by atoms with Gasteiger partial charge in [0.05, 0.1) is 12.1 Å². The molecular weight excluding hydrogens is 722 g/mol. The lowest BCUT2D eigenvalue weighted by atomic mass is 9.92. The number of nitrogens with zero attached hydrogens (tertiary/aromatic N) is 2. The minimum Gasteiger partial charge on any atom is -0.345 e. The molecule has 0 saturated carbocycles. The Morgan fingerprint density at radius 2 is 0.704 bits per heavy atom. The fourth-order valence-electron chi connectivity index (χ4n) is 8.67. The number of rotatable bonds is 11. The Morgan fingerprint density at radius 1 is 0.444 bits per heavy atom. The average molecular weight is 767 g/mol. The van der Waals surface area contributed by atoms with E-state index in [-0.39, 0.29) is 37.8 Å². The van der Waals surface area contributed by atoms with Crippen LogP contribution >= 0.6 is 0 Å². The molecule has 0 radical (unpaired) electrons. The first-order valence-corrected chi connectivity index (χ1v) is 18.0. The van der Waals surface area contributed by atoms with Crippen molar-refractivity contribution < 1.29 is 43.9 Å². The van der Waals surface area contributed by atoms with E-state index in [2.05, 4.69) is 9.80 Å². The minimum absolute atomic E-state index is 0.0118. The molecule has 1 heterocycles. The van der Waals surface area contributed by atoms with Gasteiger partial charge in [-0.15, -0.1) is 0 Å². The maximum atomic E-state index is 14.8. The summed E-state index contributed by atoms with van der Waals surface area (Å²) in [6.45, 7) is 15.8. The van der Waals surface area contributed by atoms with Crippen molar-refractivity contribution in [2.24, 2.45) is 5.92 Å². The topological polar surface area (TPSA) is 6.48 Å². The second-order valence-electron chi connectivity index (χ2n) is 15.0. The number of benzene rings is 4. The van der Waals surface area contributed by atoms with E-state index in [1.54, 1.807) is 0 Å². The van der Waals surface area contributed by atoms with Crippen LogP contribution in [0.4, 0.5) is 55.3 Å². The molecule has 0 N–H and O–H groups in total. The molecule has 2 atom stereocenters. The standard InChI is InChI=1S/C42H44F10N2/c1-19(2)42-53(40-22(5)15-20(3)16-23(40)6)28(13-9-11-26-30(43)34(47)38(51)35(48)31(26)44)29(54(42)41-24(7)17-21(4)18-25(41)8)14-10-12-27-32(45)36(49)39(52)37(50)33(27)46/h15-19,28-29,42H,9-14H2,1-8H3. The van der Waals surface area contributed by atoms with Crippen molar-refractivity contribution in [2.45, 2.75) is 112 Å². The molecule has 4 aromatic carbocycles. The molecule has 54 heavy (non-hydrogen) atoms. The van der Waals surface area contributed by atoms with E-state index in [0.29, 0.717) is 0 Å². The van der Waals surface area contributed by atoms with Crippen molar-refractivity contribution in [2.75, 3.05) is 9.80 Å². The van der Waals surface area contributed by atoms with Crippen molar-refractivity contribution in [1.29, 1.82) is 0 Å². The molecule has 2 unspecified atom stereocenters. The minimum atomic E-state index is -2.24. The molecule has 0 amide bonds. The second-order valence-corrected chi connectivity index (χ2v) is 15.0. The number of anilines is 2. The fraction of sp³-hybridized carbons (Fsp3) is 0.429.